The third-order valence-corrected chi connectivity index (χ3v) is 3.96. The van der Waals surface area contributed by atoms with Gasteiger partial charge in [-0.1, -0.05) is 0 Å². The van der Waals surface area contributed by atoms with E-state index in [1.54, 1.807) is 12.1 Å². The van der Waals surface area contributed by atoms with E-state index in [2.05, 4.69) is 5.32 Å². The summed E-state index contributed by atoms with van der Waals surface area (Å²) < 4.78 is 10.7. The SMILES string of the molecule is O=CCCCC(=O)Nc1ccc(O[C@H]2O[C@H](CO)[C@@H](O)[C@H](O)[C@H]2O)cc1. The van der Waals surface area contributed by atoms with Crippen molar-refractivity contribution in [1.29, 1.82) is 0 Å². The summed E-state index contributed by atoms with van der Waals surface area (Å²) in [7, 11) is 0. The first-order chi connectivity index (χ1) is 12.5. The maximum absolute atomic E-state index is 11.7. The second-order valence-corrected chi connectivity index (χ2v) is 5.95. The second-order valence-electron chi connectivity index (χ2n) is 5.95. The fraction of sp³-hybridized carbons (Fsp3) is 0.529. The van der Waals surface area contributed by atoms with Crippen molar-refractivity contribution in [2.75, 3.05) is 11.9 Å². The first-order valence-corrected chi connectivity index (χ1v) is 8.27. The summed E-state index contributed by atoms with van der Waals surface area (Å²) >= 11 is 0. The molecule has 1 aliphatic heterocycles. The van der Waals surface area contributed by atoms with Crippen molar-refractivity contribution in [1.82, 2.24) is 0 Å². The number of hydrogen-bond donors (Lipinski definition) is 5. The number of nitrogens with one attached hydrogen (secondary N) is 1. The number of aldehydes is 1. The molecule has 5 N–H and O–H groups in total. The zero-order valence-corrected chi connectivity index (χ0v) is 14.0. The Hall–Kier alpha value is -2.04. The van der Waals surface area contributed by atoms with Gasteiger partial charge in [-0.3, -0.25) is 4.79 Å². The molecule has 0 unspecified atom stereocenters. The molecule has 26 heavy (non-hydrogen) atoms. The van der Waals surface area contributed by atoms with E-state index in [1.807, 2.05) is 0 Å². The van der Waals surface area contributed by atoms with Crippen molar-refractivity contribution in [3.8, 4) is 5.75 Å². The van der Waals surface area contributed by atoms with Crippen molar-refractivity contribution < 1.29 is 39.5 Å². The van der Waals surface area contributed by atoms with Crippen molar-refractivity contribution in [2.24, 2.45) is 0 Å². The van der Waals surface area contributed by atoms with Gasteiger partial charge in [0.05, 0.1) is 6.61 Å². The molecule has 9 nitrogen and oxygen atoms in total. The van der Waals surface area contributed by atoms with E-state index in [9.17, 15) is 24.9 Å². The van der Waals surface area contributed by atoms with E-state index >= 15 is 0 Å². The molecule has 0 radical (unpaired) electrons. The number of carbonyl (C=O) groups is 2. The Labute approximate surface area is 150 Å². The standard InChI is InChI=1S/C17H23NO8/c19-8-2-1-3-13(21)18-10-4-6-11(7-5-10)25-17-16(24)15(23)14(22)12(9-20)26-17/h4-8,12,14-17,20,22-24H,1-3,9H2,(H,18,21)/t12-,14-,15+,16-,17+/m1/s1. The minimum absolute atomic E-state index is 0.213. The van der Waals surface area contributed by atoms with Crippen LogP contribution in [0.2, 0.25) is 0 Å². The van der Waals surface area contributed by atoms with Crippen LogP contribution in [0.1, 0.15) is 19.3 Å². The third kappa shape index (κ3) is 5.23. The van der Waals surface area contributed by atoms with E-state index in [4.69, 9.17) is 14.6 Å². The van der Waals surface area contributed by atoms with Crippen LogP contribution in [-0.2, 0) is 14.3 Å². The zero-order valence-electron chi connectivity index (χ0n) is 14.0. The number of ether oxygens (including phenoxy) is 2. The van der Waals surface area contributed by atoms with Crippen LogP contribution < -0.4 is 10.1 Å². The van der Waals surface area contributed by atoms with Gasteiger partial charge in [0.25, 0.3) is 0 Å². The van der Waals surface area contributed by atoms with Crippen molar-refractivity contribution >= 4 is 17.9 Å². The highest BCUT2D eigenvalue weighted by molar-refractivity contribution is 5.90. The number of aliphatic hydroxyl groups is 4. The van der Waals surface area contributed by atoms with E-state index in [0.717, 1.165) is 6.29 Å². The van der Waals surface area contributed by atoms with Crippen molar-refractivity contribution in [3.05, 3.63) is 24.3 Å². The van der Waals surface area contributed by atoms with E-state index in [0.29, 0.717) is 24.3 Å². The highest BCUT2D eigenvalue weighted by Crippen LogP contribution is 2.25. The van der Waals surface area contributed by atoms with Crippen LogP contribution in [0.4, 0.5) is 5.69 Å². The van der Waals surface area contributed by atoms with Gasteiger partial charge in [0.2, 0.25) is 12.2 Å². The number of aliphatic hydroxyl groups excluding tert-OH is 4. The van der Waals surface area contributed by atoms with Crippen LogP contribution >= 0.6 is 0 Å². The van der Waals surface area contributed by atoms with Gasteiger partial charge in [0.1, 0.15) is 36.5 Å². The van der Waals surface area contributed by atoms with E-state index in [-0.39, 0.29) is 12.3 Å². The molecule has 0 spiro atoms. The lowest BCUT2D eigenvalue weighted by molar-refractivity contribution is -0.277. The molecule has 0 saturated carbocycles. The van der Waals surface area contributed by atoms with Crippen LogP contribution in [0.15, 0.2) is 24.3 Å². The van der Waals surface area contributed by atoms with Gasteiger partial charge in [0, 0.05) is 18.5 Å². The Morgan fingerprint density at radius 3 is 2.46 bits per heavy atom. The number of hydrogen-bond acceptors (Lipinski definition) is 8. The lowest BCUT2D eigenvalue weighted by Crippen LogP contribution is -2.60. The zero-order chi connectivity index (χ0) is 19.1. The Morgan fingerprint density at radius 2 is 1.85 bits per heavy atom. The predicted octanol–water partition coefficient (Wildman–Crippen LogP) is -0.827. The van der Waals surface area contributed by atoms with Gasteiger partial charge >= 0.3 is 0 Å². The highest BCUT2D eigenvalue weighted by atomic mass is 16.7. The summed E-state index contributed by atoms with van der Waals surface area (Å²) in [6.07, 6.45) is -4.97. The molecule has 1 aromatic rings. The fourth-order valence-electron chi connectivity index (χ4n) is 2.49. The Morgan fingerprint density at radius 1 is 1.15 bits per heavy atom. The van der Waals surface area contributed by atoms with E-state index in [1.165, 1.54) is 12.1 Å². The number of benzene rings is 1. The monoisotopic (exact) mass is 369 g/mol. The molecular formula is C17H23NO8. The molecule has 1 amide bonds. The molecule has 2 rings (SSSR count). The topological polar surface area (TPSA) is 146 Å². The molecule has 0 aliphatic carbocycles. The van der Waals surface area contributed by atoms with Crippen LogP contribution in [0.5, 0.6) is 5.75 Å². The maximum Gasteiger partial charge on any atom is 0.229 e. The Balaban J connectivity index is 1.92. The quantitative estimate of drug-likeness (QED) is 0.295. The lowest BCUT2D eigenvalue weighted by atomic mass is 9.99. The van der Waals surface area contributed by atoms with E-state index < -0.39 is 37.3 Å². The predicted molar refractivity (Wildman–Crippen MR) is 89.4 cm³/mol. The molecule has 1 heterocycles. The average Bonchev–Trinajstić information content (AvgIpc) is 2.64. The molecule has 0 bridgehead atoms. The molecule has 9 heteroatoms. The van der Waals surface area contributed by atoms with Crippen LogP contribution in [-0.4, -0.2) is 69.9 Å². The molecule has 1 fully saturated rings. The van der Waals surface area contributed by atoms with Crippen LogP contribution in [0.25, 0.3) is 0 Å². The average molecular weight is 369 g/mol. The van der Waals surface area contributed by atoms with Gasteiger partial charge < -0.3 is 40.0 Å². The minimum atomic E-state index is -1.52. The van der Waals surface area contributed by atoms with Crippen LogP contribution in [0.3, 0.4) is 0 Å². The second kappa shape index (κ2) is 9.60. The number of amides is 1. The molecule has 1 aromatic carbocycles. The maximum atomic E-state index is 11.7. The minimum Gasteiger partial charge on any atom is -0.462 e. The van der Waals surface area contributed by atoms with Gasteiger partial charge in [-0.25, -0.2) is 0 Å². The molecule has 1 aliphatic rings. The summed E-state index contributed by atoms with van der Waals surface area (Å²) in [4.78, 5) is 21.9. The molecule has 144 valence electrons. The Bertz CT molecular complexity index is 591. The first-order valence-electron chi connectivity index (χ1n) is 8.27. The van der Waals surface area contributed by atoms with Gasteiger partial charge in [-0.05, 0) is 30.7 Å². The van der Waals surface area contributed by atoms with Gasteiger partial charge in [0.15, 0.2) is 0 Å². The van der Waals surface area contributed by atoms with Crippen LogP contribution in [0, 0.1) is 0 Å². The smallest absolute Gasteiger partial charge is 0.229 e. The molecule has 0 aromatic heterocycles. The molecule has 1 saturated heterocycles. The molecular weight excluding hydrogens is 346 g/mol. The highest BCUT2D eigenvalue weighted by Gasteiger charge is 2.44. The lowest BCUT2D eigenvalue weighted by Gasteiger charge is -2.39. The van der Waals surface area contributed by atoms with Gasteiger partial charge in [-0.15, -0.1) is 0 Å². The fourth-order valence-corrected chi connectivity index (χ4v) is 2.49. The van der Waals surface area contributed by atoms with Crippen molar-refractivity contribution in [2.45, 2.75) is 50.0 Å². The summed E-state index contributed by atoms with van der Waals surface area (Å²) in [5.74, 6) is 0.0859. The number of rotatable bonds is 8. The largest absolute Gasteiger partial charge is 0.462 e. The summed E-state index contributed by atoms with van der Waals surface area (Å²) in [5, 5.41) is 41.2. The molecule has 5 atom stereocenters. The number of anilines is 1. The summed E-state index contributed by atoms with van der Waals surface area (Å²) in [5.41, 5.74) is 0.530. The third-order valence-electron chi connectivity index (χ3n) is 3.96. The number of unbranched alkanes of at least 4 members (excludes halogenated alkanes) is 1. The van der Waals surface area contributed by atoms with Gasteiger partial charge in [-0.2, -0.15) is 0 Å². The first kappa shape index (κ1) is 20.3. The van der Waals surface area contributed by atoms with Crippen molar-refractivity contribution in [3.63, 3.8) is 0 Å². The Kier molecular flexibility index (Phi) is 7.49. The summed E-state index contributed by atoms with van der Waals surface area (Å²) in [6, 6.07) is 6.22. The summed E-state index contributed by atoms with van der Waals surface area (Å²) in [6.45, 7) is -0.542. The normalized spacial score (nSPS) is 28.4. The number of carbonyl (C=O) groups excluding carboxylic acids is 2.